The fraction of sp³-hybridized carbons (Fsp3) is 0.556. The van der Waals surface area contributed by atoms with Gasteiger partial charge in [-0.05, 0) is 43.9 Å². The van der Waals surface area contributed by atoms with Crippen LogP contribution in [-0.4, -0.2) is 17.9 Å². The molecule has 0 aromatic heterocycles. The molecule has 2 aliphatic carbocycles. The van der Waals surface area contributed by atoms with Gasteiger partial charge in [0.25, 0.3) is 0 Å². The number of carbonyl (C=O) groups is 2. The van der Waals surface area contributed by atoms with Gasteiger partial charge in [-0.15, -0.1) is 0 Å². The molecule has 0 spiro atoms. The molecule has 0 radical (unpaired) electrons. The van der Waals surface area contributed by atoms with Gasteiger partial charge in [-0.1, -0.05) is 30.9 Å². The molecular formula is C18H20ClF3N2O2. The Balaban J connectivity index is 1.72. The minimum absolute atomic E-state index is 0.0443. The zero-order chi connectivity index (χ0) is 18.9. The number of rotatable bonds is 4. The summed E-state index contributed by atoms with van der Waals surface area (Å²) in [6.07, 6.45) is 0.966. The molecule has 0 aliphatic heterocycles. The lowest BCUT2D eigenvalue weighted by Gasteiger charge is -2.25. The predicted octanol–water partition coefficient (Wildman–Crippen LogP) is 4.53. The second-order valence-corrected chi connectivity index (χ2v) is 7.47. The SMILES string of the molecule is O=C(Nc1ccc(Cl)cc1C(F)(F)F)C1(C(=O)NC2CCCCC2)CC1. The van der Waals surface area contributed by atoms with Crippen LogP contribution in [0.3, 0.4) is 0 Å². The van der Waals surface area contributed by atoms with Crippen molar-refractivity contribution in [1.29, 1.82) is 0 Å². The summed E-state index contributed by atoms with van der Waals surface area (Å²) in [7, 11) is 0. The summed E-state index contributed by atoms with van der Waals surface area (Å²) in [6.45, 7) is 0. The molecule has 2 aliphatic rings. The topological polar surface area (TPSA) is 58.2 Å². The van der Waals surface area contributed by atoms with Gasteiger partial charge in [-0.3, -0.25) is 9.59 Å². The number of benzene rings is 1. The van der Waals surface area contributed by atoms with Crippen molar-refractivity contribution in [1.82, 2.24) is 5.32 Å². The van der Waals surface area contributed by atoms with Crippen molar-refractivity contribution in [3.63, 3.8) is 0 Å². The van der Waals surface area contributed by atoms with Gasteiger partial charge in [0, 0.05) is 11.1 Å². The molecule has 3 rings (SSSR count). The Kier molecular flexibility index (Phi) is 5.19. The molecule has 26 heavy (non-hydrogen) atoms. The van der Waals surface area contributed by atoms with Crippen molar-refractivity contribution in [2.75, 3.05) is 5.32 Å². The van der Waals surface area contributed by atoms with Crippen LogP contribution in [0.4, 0.5) is 18.9 Å². The maximum atomic E-state index is 13.2. The summed E-state index contributed by atoms with van der Waals surface area (Å²) < 4.78 is 39.5. The second kappa shape index (κ2) is 7.10. The molecule has 4 nitrogen and oxygen atoms in total. The number of nitrogens with one attached hydrogen (secondary N) is 2. The number of halogens is 4. The van der Waals surface area contributed by atoms with Crippen molar-refractivity contribution in [2.24, 2.45) is 5.41 Å². The molecule has 2 amide bonds. The first-order valence-electron chi connectivity index (χ1n) is 8.71. The van der Waals surface area contributed by atoms with Gasteiger partial charge in [-0.2, -0.15) is 13.2 Å². The average molecular weight is 389 g/mol. The highest BCUT2D eigenvalue weighted by molar-refractivity contribution is 6.30. The van der Waals surface area contributed by atoms with Crippen LogP contribution < -0.4 is 10.6 Å². The predicted molar refractivity (Wildman–Crippen MR) is 91.8 cm³/mol. The molecule has 2 saturated carbocycles. The first-order chi connectivity index (χ1) is 12.2. The lowest BCUT2D eigenvalue weighted by atomic mass is 9.94. The molecule has 0 atom stereocenters. The Morgan fingerprint density at radius 1 is 1.08 bits per heavy atom. The monoisotopic (exact) mass is 388 g/mol. The van der Waals surface area contributed by atoms with E-state index in [2.05, 4.69) is 10.6 Å². The van der Waals surface area contributed by atoms with Crippen LogP contribution in [0.1, 0.15) is 50.5 Å². The number of carbonyl (C=O) groups excluding carboxylic acids is 2. The smallest absolute Gasteiger partial charge is 0.352 e. The van der Waals surface area contributed by atoms with Crippen LogP contribution in [0.15, 0.2) is 18.2 Å². The summed E-state index contributed by atoms with van der Waals surface area (Å²) in [5.41, 5.74) is -2.68. The maximum absolute atomic E-state index is 13.2. The minimum atomic E-state index is -4.66. The first-order valence-corrected chi connectivity index (χ1v) is 9.09. The molecule has 142 valence electrons. The van der Waals surface area contributed by atoms with E-state index in [4.69, 9.17) is 11.6 Å². The number of alkyl halides is 3. The maximum Gasteiger partial charge on any atom is 0.418 e. The highest BCUT2D eigenvalue weighted by Crippen LogP contribution is 2.48. The van der Waals surface area contributed by atoms with Gasteiger partial charge in [0.15, 0.2) is 0 Å². The van der Waals surface area contributed by atoms with E-state index in [9.17, 15) is 22.8 Å². The van der Waals surface area contributed by atoms with Crippen LogP contribution in [-0.2, 0) is 15.8 Å². The largest absolute Gasteiger partial charge is 0.418 e. The van der Waals surface area contributed by atoms with Crippen LogP contribution >= 0.6 is 11.6 Å². The molecule has 0 unspecified atom stereocenters. The van der Waals surface area contributed by atoms with Crippen molar-refractivity contribution in [3.8, 4) is 0 Å². The number of hydrogen-bond donors (Lipinski definition) is 2. The van der Waals surface area contributed by atoms with E-state index in [0.29, 0.717) is 12.8 Å². The van der Waals surface area contributed by atoms with Gasteiger partial charge in [-0.25, -0.2) is 0 Å². The van der Waals surface area contributed by atoms with E-state index in [0.717, 1.165) is 44.2 Å². The van der Waals surface area contributed by atoms with Crippen molar-refractivity contribution in [2.45, 2.75) is 57.2 Å². The van der Waals surface area contributed by atoms with Gasteiger partial charge in [0.1, 0.15) is 5.41 Å². The van der Waals surface area contributed by atoms with E-state index in [-0.39, 0.29) is 22.7 Å². The average Bonchev–Trinajstić information content (AvgIpc) is 3.38. The minimum Gasteiger partial charge on any atom is -0.352 e. The Morgan fingerprint density at radius 3 is 2.31 bits per heavy atom. The Bertz CT molecular complexity index is 711. The Labute approximate surface area is 154 Å². The standard InChI is InChI=1S/C18H20ClF3N2O2/c19-11-6-7-14(13(10-11)18(20,21)22)24-16(26)17(8-9-17)15(25)23-12-4-2-1-3-5-12/h6-7,10,12H,1-5,8-9H2,(H,23,25)(H,24,26). The summed E-state index contributed by atoms with van der Waals surface area (Å²) in [5, 5.41) is 5.11. The van der Waals surface area contributed by atoms with Crippen LogP contribution in [0.2, 0.25) is 5.02 Å². The van der Waals surface area contributed by atoms with Crippen LogP contribution in [0.5, 0.6) is 0 Å². The normalized spacial score (nSPS) is 19.7. The molecule has 1 aromatic carbocycles. The van der Waals surface area contributed by atoms with Gasteiger partial charge in [0.05, 0.1) is 11.3 Å². The Morgan fingerprint density at radius 2 is 1.73 bits per heavy atom. The first kappa shape index (κ1) is 19.0. The van der Waals surface area contributed by atoms with Crippen molar-refractivity contribution < 1.29 is 22.8 Å². The molecular weight excluding hydrogens is 369 g/mol. The van der Waals surface area contributed by atoms with E-state index < -0.39 is 23.1 Å². The van der Waals surface area contributed by atoms with Crippen molar-refractivity contribution >= 4 is 29.1 Å². The molecule has 0 heterocycles. The molecule has 0 saturated heterocycles. The fourth-order valence-corrected chi connectivity index (χ4v) is 3.53. The number of anilines is 1. The van der Waals surface area contributed by atoms with E-state index in [1.165, 1.54) is 6.07 Å². The highest BCUT2D eigenvalue weighted by atomic mass is 35.5. The summed E-state index contributed by atoms with van der Waals surface area (Å²) in [5.74, 6) is -1.08. The molecule has 2 N–H and O–H groups in total. The van der Waals surface area contributed by atoms with E-state index in [1.807, 2.05) is 0 Å². The van der Waals surface area contributed by atoms with Crippen molar-refractivity contribution in [3.05, 3.63) is 28.8 Å². The number of amides is 2. The lowest BCUT2D eigenvalue weighted by molar-refractivity contribution is -0.137. The summed E-state index contributed by atoms with van der Waals surface area (Å²) in [6, 6.07) is 3.19. The third-order valence-corrected chi connectivity index (χ3v) is 5.33. The number of hydrogen-bond acceptors (Lipinski definition) is 2. The molecule has 2 fully saturated rings. The highest BCUT2D eigenvalue weighted by Gasteiger charge is 2.57. The zero-order valence-electron chi connectivity index (χ0n) is 14.1. The third-order valence-electron chi connectivity index (χ3n) is 5.09. The van der Waals surface area contributed by atoms with Crippen LogP contribution in [0.25, 0.3) is 0 Å². The summed E-state index contributed by atoms with van der Waals surface area (Å²) >= 11 is 5.64. The summed E-state index contributed by atoms with van der Waals surface area (Å²) in [4.78, 5) is 25.1. The van der Waals surface area contributed by atoms with E-state index >= 15 is 0 Å². The Hall–Kier alpha value is -1.76. The van der Waals surface area contributed by atoms with Gasteiger partial charge in [0.2, 0.25) is 11.8 Å². The molecule has 1 aromatic rings. The van der Waals surface area contributed by atoms with E-state index in [1.54, 1.807) is 0 Å². The third kappa shape index (κ3) is 3.98. The molecule has 8 heteroatoms. The zero-order valence-corrected chi connectivity index (χ0v) is 14.8. The molecule has 0 bridgehead atoms. The van der Waals surface area contributed by atoms with Crippen LogP contribution in [0, 0.1) is 5.41 Å². The quantitative estimate of drug-likeness (QED) is 0.745. The van der Waals surface area contributed by atoms with Gasteiger partial charge >= 0.3 is 6.18 Å². The van der Waals surface area contributed by atoms with Gasteiger partial charge < -0.3 is 10.6 Å². The lowest BCUT2D eigenvalue weighted by Crippen LogP contribution is -2.45. The second-order valence-electron chi connectivity index (χ2n) is 7.03. The fourth-order valence-electron chi connectivity index (χ4n) is 3.35.